The van der Waals surface area contributed by atoms with Crippen molar-refractivity contribution in [1.29, 1.82) is 0 Å². The van der Waals surface area contributed by atoms with Crippen molar-refractivity contribution in [2.75, 3.05) is 18.6 Å². The van der Waals surface area contributed by atoms with Crippen LogP contribution in [0.3, 0.4) is 0 Å². The molecule has 13 heteroatoms. The van der Waals surface area contributed by atoms with E-state index in [4.69, 9.17) is 14.4 Å². The number of oxime groups is 1. The standard InChI is InChI=1S/C10H19NO9S3/c1-21-3-2-6(11-20-23(16,17)18)22-10-9(15)8(14)7(13)5(4-12)19-10/h5,7-10,12-15H,2-4H2,1H3,(H,16,17,18)/b11-6+. The number of hydrogen-bond donors (Lipinski definition) is 5. The number of rotatable bonds is 7. The zero-order chi connectivity index (χ0) is 17.6. The Morgan fingerprint density at radius 1 is 1.26 bits per heavy atom. The smallest absolute Gasteiger partial charge is 0.394 e. The molecule has 0 bridgehead atoms. The minimum atomic E-state index is -4.77. The van der Waals surface area contributed by atoms with Crippen molar-refractivity contribution >= 4 is 39.0 Å². The van der Waals surface area contributed by atoms with Gasteiger partial charge in [0, 0.05) is 6.42 Å². The zero-order valence-corrected chi connectivity index (χ0v) is 14.5. The van der Waals surface area contributed by atoms with Crippen LogP contribution >= 0.6 is 23.5 Å². The third kappa shape index (κ3) is 6.72. The Hall–Kier alpha value is -0.120. The molecule has 1 aliphatic rings. The number of aliphatic hydroxyl groups is 4. The summed E-state index contributed by atoms with van der Waals surface area (Å²) >= 11 is 2.20. The fourth-order valence-electron chi connectivity index (χ4n) is 1.70. The highest BCUT2D eigenvalue weighted by atomic mass is 32.3. The van der Waals surface area contributed by atoms with Crippen molar-refractivity contribution in [3.05, 3.63) is 0 Å². The summed E-state index contributed by atoms with van der Waals surface area (Å²) in [6.45, 7) is -0.583. The van der Waals surface area contributed by atoms with E-state index in [0.717, 1.165) is 11.8 Å². The summed E-state index contributed by atoms with van der Waals surface area (Å²) < 4.78 is 38.9. The Morgan fingerprint density at radius 2 is 1.91 bits per heavy atom. The summed E-state index contributed by atoms with van der Waals surface area (Å²) in [6.07, 6.45) is -3.58. The minimum absolute atomic E-state index is 0.0845. The lowest BCUT2D eigenvalue weighted by atomic mass is 10.0. The molecule has 1 fully saturated rings. The molecule has 0 aromatic heterocycles. The van der Waals surface area contributed by atoms with Crippen LogP contribution in [0.5, 0.6) is 0 Å². The maximum Gasteiger partial charge on any atom is 0.466 e. The van der Waals surface area contributed by atoms with Gasteiger partial charge in [0.2, 0.25) is 0 Å². The predicted octanol–water partition coefficient (Wildman–Crippen LogP) is -1.59. The van der Waals surface area contributed by atoms with Gasteiger partial charge in [-0.25, -0.2) is 4.28 Å². The number of hydrogen-bond acceptors (Lipinski definition) is 11. The molecule has 0 aliphatic carbocycles. The van der Waals surface area contributed by atoms with Gasteiger partial charge in [0.25, 0.3) is 0 Å². The summed E-state index contributed by atoms with van der Waals surface area (Å²) in [5.41, 5.74) is -1.11. The first-order valence-corrected chi connectivity index (χ1v) is 10.0. The quantitative estimate of drug-likeness (QED) is 0.146. The predicted molar refractivity (Wildman–Crippen MR) is 84.4 cm³/mol. The molecule has 5 unspecified atom stereocenters. The van der Waals surface area contributed by atoms with E-state index in [9.17, 15) is 23.7 Å². The highest BCUT2D eigenvalue weighted by Crippen LogP contribution is 2.30. The first-order chi connectivity index (χ1) is 10.7. The first kappa shape index (κ1) is 20.9. The Kier molecular flexibility index (Phi) is 8.54. The summed E-state index contributed by atoms with van der Waals surface area (Å²) in [4.78, 5) is 0. The van der Waals surface area contributed by atoms with Gasteiger partial charge >= 0.3 is 10.4 Å². The molecule has 1 aliphatic heterocycles. The van der Waals surface area contributed by atoms with Crippen LogP contribution < -0.4 is 0 Å². The van der Waals surface area contributed by atoms with Crippen molar-refractivity contribution in [3.8, 4) is 0 Å². The van der Waals surface area contributed by atoms with E-state index in [1.54, 1.807) is 6.26 Å². The van der Waals surface area contributed by atoms with Gasteiger partial charge in [-0.05, 0) is 12.0 Å². The SMILES string of the molecule is CSCC/C(=N\OS(=O)(=O)O)SC1OC(CO)C(O)C(O)C1O. The van der Waals surface area contributed by atoms with E-state index in [1.807, 2.05) is 0 Å². The van der Waals surface area contributed by atoms with Gasteiger partial charge in [0.15, 0.2) is 0 Å². The first-order valence-electron chi connectivity index (χ1n) is 6.38. The molecule has 0 radical (unpaired) electrons. The second-order valence-corrected chi connectivity index (χ2v) is 7.71. The average molecular weight is 393 g/mol. The lowest BCUT2D eigenvalue weighted by Crippen LogP contribution is -2.57. The maximum absolute atomic E-state index is 10.6. The Labute approximate surface area is 141 Å². The van der Waals surface area contributed by atoms with Crippen LogP contribution in [-0.4, -0.2) is 86.9 Å². The largest absolute Gasteiger partial charge is 0.466 e. The summed E-state index contributed by atoms with van der Waals surface area (Å²) in [5.74, 6) is 0.540. The molecular formula is C10H19NO9S3. The molecule has 10 nitrogen and oxygen atoms in total. The number of ether oxygens (including phenoxy) is 1. The van der Waals surface area contributed by atoms with Gasteiger partial charge in [0.1, 0.15) is 34.9 Å². The number of aliphatic hydroxyl groups excluding tert-OH is 4. The van der Waals surface area contributed by atoms with Crippen molar-refractivity contribution < 1.29 is 42.4 Å². The Bertz CT molecular complexity index is 498. The fraction of sp³-hybridized carbons (Fsp3) is 0.900. The molecule has 1 heterocycles. The molecule has 5 N–H and O–H groups in total. The van der Waals surface area contributed by atoms with Crippen molar-refractivity contribution in [2.24, 2.45) is 5.16 Å². The molecule has 136 valence electrons. The van der Waals surface area contributed by atoms with Gasteiger partial charge in [-0.3, -0.25) is 4.55 Å². The third-order valence-corrected chi connectivity index (χ3v) is 4.90. The van der Waals surface area contributed by atoms with Crippen molar-refractivity contribution in [3.63, 3.8) is 0 Å². The van der Waals surface area contributed by atoms with Gasteiger partial charge in [-0.2, -0.15) is 20.2 Å². The monoisotopic (exact) mass is 393 g/mol. The third-order valence-electron chi connectivity index (χ3n) is 2.85. The van der Waals surface area contributed by atoms with Crippen LogP contribution in [0.1, 0.15) is 6.42 Å². The van der Waals surface area contributed by atoms with Crippen LogP contribution in [-0.2, 0) is 19.4 Å². The normalized spacial score (nSPS) is 32.8. The van der Waals surface area contributed by atoms with Gasteiger partial charge < -0.3 is 25.2 Å². The summed E-state index contributed by atoms with van der Waals surface area (Å²) in [5, 5.41) is 41.8. The Balaban J connectivity index is 2.84. The molecule has 0 aromatic rings. The molecule has 0 saturated carbocycles. The number of thioether (sulfide) groups is 2. The molecule has 5 atom stereocenters. The lowest BCUT2D eigenvalue weighted by molar-refractivity contribution is -0.205. The molecule has 0 spiro atoms. The van der Waals surface area contributed by atoms with Crippen LogP contribution in [0.25, 0.3) is 0 Å². The second-order valence-electron chi connectivity index (χ2n) is 4.55. The molecule has 1 rings (SSSR count). The lowest BCUT2D eigenvalue weighted by Gasteiger charge is -2.39. The summed E-state index contributed by atoms with van der Waals surface area (Å²) in [7, 11) is -4.77. The van der Waals surface area contributed by atoms with E-state index in [1.165, 1.54) is 11.8 Å². The molecule has 0 aromatic carbocycles. The van der Waals surface area contributed by atoms with E-state index in [-0.39, 0.29) is 11.5 Å². The topological polar surface area (TPSA) is 166 Å². The van der Waals surface area contributed by atoms with Gasteiger partial charge in [0.05, 0.1) is 6.61 Å². The minimum Gasteiger partial charge on any atom is -0.394 e. The average Bonchev–Trinajstić information content (AvgIpc) is 2.49. The highest BCUT2D eigenvalue weighted by Gasteiger charge is 2.44. The van der Waals surface area contributed by atoms with Gasteiger partial charge in [-0.1, -0.05) is 16.9 Å². The van der Waals surface area contributed by atoms with Crippen molar-refractivity contribution in [2.45, 2.75) is 36.3 Å². The zero-order valence-electron chi connectivity index (χ0n) is 12.0. The second kappa shape index (κ2) is 9.39. The van der Waals surface area contributed by atoms with Gasteiger partial charge in [-0.15, -0.1) is 0 Å². The molecule has 1 saturated heterocycles. The van der Waals surface area contributed by atoms with Crippen molar-refractivity contribution in [1.82, 2.24) is 0 Å². The molecule has 0 amide bonds. The van der Waals surface area contributed by atoms with Crippen LogP contribution in [0.4, 0.5) is 0 Å². The fourth-order valence-corrected chi connectivity index (χ4v) is 3.53. The molecule has 23 heavy (non-hydrogen) atoms. The van der Waals surface area contributed by atoms with Crippen LogP contribution in [0.15, 0.2) is 5.16 Å². The summed E-state index contributed by atoms with van der Waals surface area (Å²) in [6, 6.07) is 0. The van der Waals surface area contributed by atoms with E-state index >= 15 is 0 Å². The molecular weight excluding hydrogens is 374 g/mol. The van der Waals surface area contributed by atoms with E-state index in [0.29, 0.717) is 5.75 Å². The van der Waals surface area contributed by atoms with Crippen LogP contribution in [0.2, 0.25) is 0 Å². The van der Waals surface area contributed by atoms with Crippen LogP contribution in [0, 0.1) is 0 Å². The van der Waals surface area contributed by atoms with E-state index < -0.39 is 46.9 Å². The maximum atomic E-state index is 10.6. The number of nitrogens with zero attached hydrogens (tertiary/aromatic N) is 1. The Morgan fingerprint density at radius 3 is 2.43 bits per heavy atom. The van der Waals surface area contributed by atoms with E-state index in [2.05, 4.69) is 9.44 Å². The highest BCUT2D eigenvalue weighted by molar-refractivity contribution is 8.14.